The number of aromatic nitrogens is 1. The normalized spacial score (nSPS) is 16.1. The van der Waals surface area contributed by atoms with Gasteiger partial charge in [0, 0.05) is 23.0 Å². The highest BCUT2D eigenvalue weighted by molar-refractivity contribution is 7.14. The average Bonchev–Trinajstić information content (AvgIpc) is 3.39. The van der Waals surface area contributed by atoms with Crippen molar-refractivity contribution in [2.24, 2.45) is 5.92 Å². The number of thiazole rings is 1. The Morgan fingerprint density at radius 1 is 1.23 bits per heavy atom. The lowest BCUT2D eigenvalue weighted by atomic mass is 9.84. The first-order valence-corrected chi connectivity index (χ1v) is 11.0. The maximum absolute atomic E-state index is 13.4. The molecule has 0 saturated carbocycles. The summed E-state index contributed by atoms with van der Waals surface area (Å²) in [5, 5.41) is 12.5. The topological polar surface area (TPSA) is 70.5 Å². The van der Waals surface area contributed by atoms with E-state index in [1.54, 1.807) is 13.1 Å². The maximum atomic E-state index is 13.4. The van der Waals surface area contributed by atoms with Crippen molar-refractivity contribution in [2.45, 2.75) is 25.2 Å². The van der Waals surface area contributed by atoms with Crippen LogP contribution in [-0.4, -0.2) is 29.0 Å². The number of anilines is 1. The summed E-state index contributed by atoms with van der Waals surface area (Å²) in [6, 6.07) is 15.4. The standard InChI is InChI=1S/C23H21ClN2O3S/c1-26(23-25-20(13-30-23)17-8-4-5-9-19(17)24)22(29)18(12-21(27)28)16-11-10-14-6-2-3-7-15(14)16/h2-9,13,16,18H,10-12H2,1H3,(H,27,28). The molecule has 0 radical (unpaired) electrons. The fourth-order valence-corrected chi connectivity index (χ4v) is 5.18. The van der Waals surface area contributed by atoms with Crippen LogP contribution in [0.15, 0.2) is 53.9 Å². The van der Waals surface area contributed by atoms with Gasteiger partial charge in [0.1, 0.15) is 0 Å². The summed E-state index contributed by atoms with van der Waals surface area (Å²) < 4.78 is 0. The molecule has 4 rings (SSSR count). The third kappa shape index (κ3) is 3.98. The van der Waals surface area contributed by atoms with Gasteiger partial charge in [-0.15, -0.1) is 11.3 Å². The molecule has 2 unspecified atom stereocenters. The van der Waals surface area contributed by atoms with Crippen molar-refractivity contribution < 1.29 is 14.7 Å². The monoisotopic (exact) mass is 440 g/mol. The third-order valence-electron chi connectivity index (χ3n) is 5.64. The van der Waals surface area contributed by atoms with E-state index in [0.29, 0.717) is 15.8 Å². The lowest BCUT2D eigenvalue weighted by Gasteiger charge is -2.26. The SMILES string of the molecule is CN(C(=O)C(CC(=O)O)C1CCc2ccccc21)c1nc(-c2ccccc2Cl)cs1. The van der Waals surface area contributed by atoms with Crippen molar-refractivity contribution in [2.75, 3.05) is 11.9 Å². The molecule has 2 aromatic carbocycles. The Kier molecular flexibility index (Phi) is 5.88. The second kappa shape index (κ2) is 8.58. The van der Waals surface area contributed by atoms with Gasteiger partial charge in [0.15, 0.2) is 5.13 Å². The summed E-state index contributed by atoms with van der Waals surface area (Å²) in [6.07, 6.45) is 1.44. The molecule has 2 atom stereocenters. The van der Waals surface area contributed by atoms with Crippen LogP contribution in [0.25, 0.3) is 11.3 Å². The molecule has 5 nitrogen and oxygen atoms in total. The van der Waals surface area contributed by atoms with Gasteiger partial charge in [-0.05, 0) is 36.0 Å². The van der Waals surface area contributed by atoms with E-state index in [-0.39, 0.29) is 18.2 Å². The number of halogens is 1. The van der Waals surface area contributed by atoms with E-state index in [1.807, 2.05) is 41.8 Å². The number of carbonyl (C=O) groups is 2. The first kappa shape index (κ1) is 20.6. The van der Waals surface area contributed by atoms with Gasteiger partial charge in [0.2, 0.25) is 5.91 Å². The Morgan fingerprint density at radius 2 is 1.97 bits per heavy atom. The number of amides is 1. The van der Waals surface area contributed by atoms with Crippen LogP contribution in [0.1, 0.15) is 29.9 Å². The van der Waals surface area contributed by atoms with Crippen LogP contribution in [0.5, 0.6) is 0 Å². The maximum Gasteiger partial charge on any atom is 0.304 e. The van der Waals surface area contributed by atoms with Gasteiger partial charge in [0.05, 0.1) is 18.0 Å². The molecule has 0 fully saturated rings. The van der Waals surface area contributed by atoms with Crippen LogP contribution in [-0.2, 0) is 16.0 Å². The number of carboxylic acids is 1. The predicted molar refractivity (Wildman–Crippen MR) is 119 cm³/mol. The molecule has 0 spiro atoms. The average molecular weight is 441 g/mol. The fourth-order valence-electron chi connectivity index (χ4n) is 4.15. The van der Waals surface area contributed by atoms with Crippen LogP contribution in [0.4, 0.5) is 5.13 Å². The molecule has 0 aliphatic heterocycles. The molecule has 3 aromatic rings. The molecule has 1 heterocycles. The van der Waals surface area contributed by atoms with Crippen molar-refractivity contribution >= 4 is 39.9 Å². The number of aryl methyl sites for hydroxylation is 1. The second-order valence-electron chi connectivity index (χ2n) is 7.44. The summed E-state index contributed by atoms with van der Waals surface area (Å²) in [4.78, 5) is 31.0. The first-order chi connectivity index (χ1) is 14.5. The number of benzene rings is 2. The molecule has 0 bridgehead atoms. The number of carboxylic acid groups (broad SMARTS) is 1. The summed E-state index contributed by atoms with van der Waals surface area (Å²) in [6.45, 7) is 0. The van der Waals surface area contributed by atoms with E-state index in [2.05, 4.69) is 11.1 Å². The van der Waals surface area contributed by atoms with E-state index in [1.165, 1.54) is 21.8 Å². The van der Waals surface area contributed by atoms with E-state index in [9.17, 15) is 14.7 Å². The molecule has 7 heteroatoms. The molecule has 1 aromatic heterocycles. The summed E-state index contributed by atoms with van der Waals surface area (Å²) >= 11 is 7.61. The number of rotatable bonds is 6. The van der Waals surface area contributed by atoms with Crippen molar-refractivity contribution in [3.63, 3.8) is 0 Å². The fraction of sp³-hybridized carbons (Fsp3) is 0.261. The minimum absolute atomic E-state index is 0.102. The minimum Gasteiger partial charge on any atom is -0.481 e. The Balaban J connectivity index is 1.61. The van der Waals surface area contributed by atoms with Gasteiger partial charge in [-0.3, -0.25) is 14.5 Å². The molecule has 1 aliphatic rings. The van der Waals surface area contributed by atoms with E-state index in [0.717, 1.165) is 24.0 Å². The largest absolute Gasteiger partial charge is 0.481 e. The molecular formula is C23H21ClN2O3S. The highest BCUT2D eigenvalue weighted by Gasteiger charge is 2.37. The van der Waals surface area contributed by atoms with Gasteiger partial charge >= 0.3 is 5.97 Å². The molecule has 154 valence electrons. The minimum atomic E-state index is -0.970. The third-order valence-corrected chi connectivity index (χ3v) is 6.88. The van der Waals surface area contributed by atoms with Gasteiger partial charge in [-0.2, -0.15) is 0 Å². The van der Waals surface area contributed by atoms with Crippen LogP contribution < -0.4 is 4.90 Å². The van der Waals surface area contributed by atoms with Gasteiger partial charge in [0.25, 0.3) is 0 Å². The van der Waals surface area contributed by atoms with Crippen molar-refractivity contribution in [1.29, 1.82) is 0 Å². The van der Waals surface area contributed by atoms with Gasteiger partial charge < -0.3 is 5.11 Å². The number of fused-ring (bicyclic) bond motifs is 1. The smallest absolute Gasteiger partial charge is 0.304 e. The molecule has 1 N–H and O–H groups in total. The molecule has 0 saturated heterocycles. The quantitative estimate of drug-likeness (QED) is 0.568. The van der Waals surface area contributed by atoms with Crippen LogP contribution in [0.2, 0.25) is 5.02 Å². The first-order valence-electron chi connectivity index (χ1n) is 9.73. The van der Waals surface area contributed by atoms with Crippen molar-refractivity contribution in [3.8, 4) is 11.3 Å². The molecule has 1 aliphatic carbocycles. The molecule has 1 amide bonds. The zero-order valence-corrected chi connectivity index (χ0v) is 18.0. The Hall–Kier alpha value is -2.70. The Morgan fingerprint density at radius 3 is 2.73 bits per heavy atom. The van der Waals surface area contributed by atoms with Crippen molar-refractivity contribution in [3.05, 3.63) is 70.1 Å². The lowest BCUT2D eigenvalue weighted by molar-refractivity contribution is -0.141. The summed E-state index contributed by atoms with van der Waals surface area (Å²) in [5.74, 6) is -1.93. The highest BCUT2D eigenvalue weighted by Crippen LogP contribution is 2.41. The Bertz CT molecular complexity index is 1100. The number of hydrogen-bond donors (Lipinski definition) is 1. The van der Waals surface area contributed by atoms with Crippen LogP contribution in [0.3, 0.4) is 0 Å². The zero-order valence-electron chi connectivity index (χ0n) is 16.4. The number of hydrogen-bond acceptors (Lipinski definition) is 4. The zero-order chi connectivity index (χ0) is 21.3. The van der Waals surface area contributed by atoms with Crippen LogP contribution >= 0.6 is 22.9 Å². The lowest BCUT2D eigenvalue weighted by Crippen LogP contribution is -2.36. The van der Waals surface area contributed by atoms with Gasteiger partial charge in [-0.1, -0.05) is 54.1 Å². The van der Waals surface area contributed by atoms with E-state index < -0.39 is 11.9 Å². The Labute approximate surface area is 183 Å². The summed E-state index contributed by atoms with van der Waals surface area (Å²) in [7, 11) is 1.66. The van der Waals surface area contributed by atoms with Gasteiger partial charge in [-0.25, -0.2) is 4.98 Å². The number of aliphatic carboxylic acids is 1. The van der Waals surface area contributed by atoms with E-state index >= 15 is 0 Å². The number of carbonyl (C=O) groups excluding carboxylic acids is 1. The second-order valence-corrected chi connectivity index (χ2v) is 8.68. The molecule has 30 heavy (non-hydrogen) atoms. The molecular weight excluding hydrogens is 420 g/mol. The highest BCUT2D eigenvalue weighted by atomic mass is 35.5. The van der Waals surface area contributed by atoms with Crippen LogP contribution in [0, 0.1) is 5.92 Å². The predicted octanol–water partition coefficient (Wildman–Crippen LogP) is 5.25. The number of nitrogens with zero attached hydrogens (tertiary/aromatic N) is 2. The van der Waals surface area contributed by atoms with Crippen molar-refractivity contribution in [1.82, 2.24) is 4.98 Å². The van der Waals surface area contributed by atoms with E-state index in [4.69, 9.17) is 11.6 Å². The summed E-state index contributed by atoms with van der Waals surface area (Å²) in [5.41, 5.74) is 3.78.